The maximum atomic E-state index is 12.1. The Hall–Kier alpha value is -2.16. The number of benzene rings is 1. The number of rotatable bonds is 5. The smallest absolute Gasteiger partial charge is 0.349 e. The van der Waals surface area contributed by atoms with Gasteiger partial charge in [-0.1, -0.05) is 34.5 Å². The van der Waals surface area contributed by atoms with Crippen LogP contribution in [0.25, 0.3) is 0 Å². The van der Waals surface area contributed by atoms with Gasteiger partial charge in [-0.15, -0.1) is 0 Å². The number of esters is 1. The van der Waals surface area contributed by atoms with E-state index in [0.29, 0.717) is 16.4 Å². The average molecular weight is 389 g/mol. The number of thiophene rings is 1. The van der Waals surface area contributed by atoms with E-state index >= 15 is 0 Å². The molecule has 0 aliphatic carbocycles. The molecular weight excluding hydrogens is 379 g/mol. The molecule has 1 N–H and O–H groups in total. The van der Waals surface area contributed by atoms with E-state index in [9.17, 15) is 19.7 Å². The zero-order valence-electron chi connectivity index (χ0n) is 12.1. The van der Waals surface area contributed by atoms with Crippen LogP contribution in [0.15, 0.2) is 30.3 Å². The topological polar surface area (TPSA) is 98.5 Å². The third kappa shape index (κ3) is 4.44. The highest BCUT2D eigenvalue weighted by atomic mass is 35.5. The maximum absolute atomic E-state index is 12.1. The Balaban J connectivity index is 2.01. The van der Waals surface area contributed by atoms with Crippen LogP contribution in [-0.4, -0.2) is 22.9 Å². The van der Waals surface area contributed by atoms with Gasteiger partial charge in [-0.2, -0.15) is 0 Å². The van der Waals surface area contributed by atoms with E-state index in [-0.39, 0.29) is 20.6 Å². The molecule has 0 bridgehead atoms. The molecule has 2 aromatic rings. The standard InChI is InChI=1S/C14H10Cl2N2O5S/c1-7(13(19)17-10-6-8(15)2-3-9(10)16)23-14(20)11-4-5-12(24-11)18(21)22/h2-7H,1H3,(H,17,19)/t7-/m0/s1. The van der Waals surface area contributed by atoms with Crippen molar-refractivity contribution in [2.24, 2.45) is 0 Å². The summed E-state index contributed by atoms with van der Waals surface area (Å²) in [7, 11) is 0. The van der Waals surface area contributed by atoms with Gasteiger partial charge in [0, 0.05) is 11.1 Å². The van der Waals surface area contributed by atoms with Gasteiger partial charge in [-0.3, -0.25) is 14.9 Å². The fourth-order valence-electron chi connectivity index (χ4n) is 1.64. The van der Waals surface area contributed by atoms with Gasteiger partial charge in [0.2, 0.25) is 0 Å². The zero-order chi connectivity index (χ0) is 17.9. The van der Waals surface area contributed by atoms with Gasteiger partial charge >= 0.3 is 11.0 Å². The Morgan fingerprint density at radius 3 is 2.62 bits per heavy atom. The molecule has 1 heterocycles. The summed E-state index contributed by atoms with van der Waals surface area (Å²) in [5, 5.41) is 13.6. The summed E-state index contributed by atoms with van der Waals surface area (Å²) < 4.78 is 4.99. The van der Waals surface area contributed by atoms with Gasteiger partial charge in [0.05, 0.1) is 15.6 Å². The summed E-state index contributed by atoms with van der Waals surface area (Å²) in [6, 6.07) is 6.99. The lowest BCUT2D eigenvalue weighted by Gasteiger charge is -2.13. The quantitative estimate of drug-likeness (QED) is 0.471. The predicted octanol–water partition coefficient (Wildman–Crippen LogP) is 4.15. The Kier molecular flexibility index (Phi) is 5.76. The van der Waals surface area contributed by atoms with Crippen molar-refractivity contribution in [1.82, 2.24) is 0 Å². The Bertz CT molecular complexity index is 808. The summed E-state index contributed by atoms with van der Waals surface area (Å²) in [5.41, 5.74) is 0.281. The number of carbonyl (C=O) groups is 2. The molecule has 0 radical (unpaired) electrons. The average Bonchev–Trinajstić information content (AvgIpc) is 3.01. The van der Waals surface area contributed by atoms with Crippen LogP contribution in [0.1, 0.15) is 16.6 Å². The molecule has 0 aliphatic heterocycles. The van der Waals surface area contributed by atoms with Crippen molar-refractivity contribution in [3.63, 3.8) is 0 Å². The van der Waals surface area contributed by atoms with Crippen LogP contribution in [0.4, 0.5) is 10.7 Å². The van der Waals surface area contributed by atoms with Crippen LogP contribution in [0.3, 0.4) is 0 Å². The van der Waals surface area contributed by atoms with E-state index in [0.717, 1.165) is 0 Å². The number of hydrogen-bond donors (Lipinski definition) is 1. The molecule has 2 rings (SSSR count). The first-order chi connectivity index (χ1) is 11.3. The highest BCUT2D eigenvalue weighted by Crippen LogP contribution is 2.26. The maximum Gasteiger partial charge on any atom is 0.349 e. The van der Waals surface area contributed by atoms with Crippen LogP contribution in [0.5, 0.6) is 0 Å². The van der Waals surface area contributed by atoms with E-state index in [1.54, 1.807) is 6.07 Å². The van der Waals surface area contributed by atoms with Crippen LogP contribution in [-0.2, 0) is 9.53 Å². The van der Waals surface area contributed by atoms with Gasteiger partial charge in [-0.05, 0) is 31.2 Å². The van der Waals surface area contributed by atoms with Crippen molar-refractivity contribution in [3.8, 4) is 0 Å². The molecule has 0 fully saturated rings. The minimum atomic E-state index is -1.13. The number of nitro groups is 1. The summed E-state index contributed by atoms with van der Waals surface area (Å²) in [5.74, 6) is -1.44. The van der Waals surface area contributed by atoms with Crippen molar-refractivity contribution in [3.05, 3.63) is 55.4 Å². The number of halogens is 2. The minimum absolute atomic E-state index is 0.0298. The second kappa shape index (κ2) is 7.61. The van der Waals surface area contributed by atoms with Gasteiger partial charge in [-0.25, -0.2) is 4.79 Å². The van der Waals surface area contributed by atoms with E-state index < -0.39 is 22.9 Å². The fraction of sp³-hybridized carbons (Fsp3) is 0.143. The number of amides is 1. The zero-order valence-corrected chi connectivity index (χ0v) is 14.4. The molecule has 0 aliphatic rings. The lowest BCUT2D eigenvalue weighted by atomic mass is 10.3. The first-order valence-electron chi connectivity index (χ1n) is 6.49. The second-order valence-electron chi connectivity index (χ2n) is 4.56. The Labute approximate surface area is 150 Å². The summed E-state index contributed by atoms with van der Waals surface area (Å²) >= 11 is 12.4. The van der Waals surface area contributed by atoms with Crippen molar-refractivity contribution >= 4 is 57.1 Å². The molecule has 0 saturated carbocycles. The number of ether oxygens (including phenoxy) is 1. The molecule has 1 aromatic carbocycles. The third-order valence-electron chi connectivity index (χ3n) is 2.81. The molecular formula is C14H10Cl2N2O5S. The lowest BCUT2D eigenvalue weighted by Crippen LogP contribution is -2.29. The molecule has 0 saturated heterocycles. The number of carbonyl (C=O) groups excluding carboxylic acids is 2. The summed E-state index contributed by atoms with van der Waals surface area (Å²) in [4.78, 5) is 34.0. The molecule has 7 nitrogen and oxygen atoms in total. The van der Waals surface area contributed by atoms with Crippen LogP contribution in [0.2, 0.25) is 10.0 Å². The third-order valence-corrected chi connectivity index (χ3v) is 4.39. The molecule has 1 atom stereocenters. The largest absolute Gasteiger partial charge is 0.448 e. The van der Waals surface area contributed by atoms with Gasteiger partial charge in [0.25, 0.3) is 5.91 Å². The highest BCUT2D eigenvalue weighted by Gasteiger charge is 2.22. The number of nitrogens with zero attached hydrogens (tertiary/aromatic N) is 1. The molecule has 1 amide bonds. The van der Waals surface area contributed by atoms with Crippen molar-refractivity contribution in [1.29, 1.82) is 0 Å². The normalized spacial score (nSPS) is 11.6. The van der Waals surface area contributed by atoms with Gasteiger partial charge < -0.3 is 10.1 Å². The Morgan fingerprint density at radius 1 is 1.29 bits per heavy atom. The van der Waals surface area contributed by atoms with Crippen LogP contribution >= 0.6 is 34.5 Å². The Morgan fingerprint density at radius 2 is 2.00 bits per heavy atom. The SMILES string of the molecule is C[C@H](OC(=O)c1ccc([N+](=O)[O-])s1)C(=O)Nc1cc(Cl)ccc1Cl. The van der Waals surface area contributed by atoms with E-state index in [2.05, 4.69) is 5.32 Å². The second-order valence-corrected chi connectivity index (χ2v) is 6.46. The fourth-order valence-corrected chi connectivity index (χ4v) is 2.68. The molecule has 0 spiro atoms. The molecule has 10 heteroatoms. The van der Waals surface area contributed by atoms with E-state index in [4.69, 9.17) is 27.9 Å². The molecule has 0 unspecified atom stereocenters. The minimum Gasteiger partial charge on any atom is -0.448 e. The van der Waals surface area contributed by atoms with Crippen molar-refractivity contribution < 1.29 is 19.2 Å². The monoisotopic (exact) mass is 388 g/mol. The summed E-state index contributed by atoms with van der Waals surface area (Å²) in [6.07, 6.45) is -1.13. The van der Waals surface area contributed by atoms with Crippen molar-refractivity contribution in [2.45, 2.75) is 13.0 Å². The van der Waals surface area contributed by atoms with Gasteiger partial charge in [0.1, 0.15) is 4.88 Å². The first kappa shape index (κ1) is 18.2. The van der Waals surface area contributed by atoms with E-state index in [1.165, 1.54) is 31.2 Å². The molecule has 1 aromatic heterocycles. The highest BCUT2D eigenvalue weighted by molar-refractivity contribution is 7.17. The van der Waals surface area contributed by atoms with Crippen LogP contribution < -0.4 is 5.32 Å². The van der Waals surface area contributed by atoms with Crippen LogP contribution in [0, 0.1) is 10.1 Å². The molecule has 126 valence electrons. The number of hydrogen-bond acceptors (Lipinski definition) is 6. The molecule has 24 heavy (non-hydrogen) atoms. The first-order valence-corrected chi connectivity index (χ1v) is 8.06. The predicted molar refractivity (Wildman–Crippen MR) is 90.9 cm³/mol. The lowest BCUT2D eigenvalue weighted by molar-refractivity contribution is -0.380. The summed E-state index contributed by atoms with van der Waals surface area (Å²) in [6.45, 7) is 1.37. The number of nitrogens with one attached hydrogen (secondary N) is 1. The number of anilines is 1. The van der Waals surface area contributed by atoms with Gasteiger partial charge in [0.15, 0.2) is 6.10 Å². The van der Waals surface area contributed by atoms with E-state index in [1.807, 2.05) is 0 Å². The van der Waals surface area contributed by atoms with Crippen molar-refractivity contribution in [2.75, 3.05) is 5.32 Å².